The molecule has 176 valence electrons. The quantitative estimate of drug-likeness (QED) is 0.272. The first-order valence-electron chi connectivity index (χ1n) is 12.1. The Labute approximate surface area is 208 Å². The molecule has 34 heavy (non-hydrogen) atoms. The van der Waals surface area contributed by atoms with E-state index < -0.39 is 0 Å². The van der Waals surface area contributed by atoms with Gasteiger partial charge in [-0.15, -0.1) is 22.7 Å². The second-order valence-electron chi connectivity index (χ2n) is 8.83. The normalized spacial score (nSPS) is 20.9. The molecule has 0 bridgehead atoms. The Morgan fingerprint density at radius 3 is 1.53 bits per heavy atom. The molecule has 2 aliphatic heterocycles. The van der Waals surface area contributed by atoms with Gasteiger partial charge in [-0.2, -0.15) is 0 Å². The van der Waals surface area contributed by atoms with E-state index in [9.17, 15) is 0 Å². The first-order chi connectivity index (χ1) is 16.8. The lowest BCUT2D eigenvalue weighted by Crippen LogP contribution is -2.25. The third kappa shape index (κ3) is 4.73. The molecule has 2 fully saturated rings. The lowest BCUT2D eigenvalue weighted by molar-refractivity contribution is -0.106. The van der Waals surface area contributed by atoms with E-state index in [1.165, 1.54) is 9.75 Å². The van der Waals surface area contributed by atoms with Crippen molar-refractivity contribution < 1.29 is 18.9 Å². The van der Waals surface area contributed by atoms with Crippen LogP contribution in [0.3, 0.4) is 0 Å². The Morgan fingerprint density at radius 1 is 0.647 bits per heavy atom. The van der Waals surface area contributed by atoms with Gasteiger partial charge in [0.2, 0.25) is 0 Å². The van der Waals surface area contributed by atoms with Crippen LogP contribution in [0.25, 0.3) is 31.7 Å². The Balaban J connectivity index is 1.51. The fourth-order valence-corrected chi connectivity index (χ4v) is 6.08. The Hall–Kier alpha value is -2.38. The first-order valence-corrected chi connectivity index (χ1v) is 13.9. The van der Waals surface area contributed by atoms with Crippen molar-refractivity contribution in [2.45, 2.75) is 51.1 Å². The van der Waals surface area contributed by atoms with Crippen molar-refractivity contribution in [2.24, 2.45) is 0 Å². The van der Waals surface area contributed by atoms with Crippen LogP contribution < -0.4 is 9.47 Å². The van der Waals surface area contributed by atoms with Crippen LogP contribution in [0.4, 0.5) is 0 Å². The average molecular weight is 493 g/mol. The van der Waals surface area contributed by atoms with Crippen molar-refractivity contribution in [3.63, 3.8) is 0 Å². The largest absolute Gasteiger partial charge is 0.464 e. The van der Waals surface area contributed by atoms with Crippen molar-refractivity contribution in [3.8, 4) is 32.4 Å². The van der Waals surface area contributed by atoms with Crippen molar-refractivity contribution >= 4 is 33.4 Å². The second kappa shape index (κ2) is 10.1. The molecule has 0 aliphatic carbocycles. The highest BCUT2D eigenvalue weighted by atomic mass is 32.1. The van der Waals surface area contributed by atoms with Crippen LogP contribution in [-0.4, -0.2) is 25.8 Å². The van der Waals surface area contributed by atoms with Gasteiger partial charge >= 0.3 is 0 Å². The van der Waals surface area contributed by atoms with Crippen molar-refractivity contribution in [2.75, 3.05) is 13.2 Å². The number of fused-ring (bicyclic) bond motifs is 1. The van der Waals surface area contributed by atoms with E-state index in [-0.39, 0.29) is 12.6 Å². The molecule has 0 N–H and O–H groups in total. The summed E-state index contributed by atoms with van der Waals surface area (Å²) in [5.74, 6) is 1.70. The predicted molar refractivity (Wildman–Crippen MR) is 139 cm³/mol. The Kier molecular flexibility index (Phi) is 6.56. The van der Waals surface area contributed by atoms with E-state index in [1.54, 1.807) is 22.7 Å². The molecule has 2 atom stereocenters. The summed E-state index contributed by atoms with van der Waals surface area (Å²) in [4.78, 5) is 2.41. The summed E-state index contributed by atoms with van der Waals surface area (Å²) in [5.41, 5.74) is 2.26. The number of ether oxygens (including phenoxy) is 4. The lowest BCUT2D eigenvalue weighted by Gasteiger charge is -2.26. The minimum atomic E-state index is -0.216. The maximum absolute atomic E-state index is 6.52. The molecule has 2 saturated heterocycles. The highest BCUT2D eigenvalue weighted by Gasteiger charge is 2.22. The maximum atomic E-state index is 6.52. The third-order valence-electron chi connectivity index (χ3n) is 6.40. The molecule has 2 aromatic heterocycles. The molecule has 0 radical (unpaired) electrons. The third-order valence-corrected chi connectivity index (χ3v) is 8.24. The molecule has 2 unspecified atom stereocenters. The van der Waals surface area contributed by atoms with Gasteiger partial charge in [0.25, 0.3) is 0 Å². The zero-order valence-electron chi connectivity index (χ0n) is 19.0. The topological polar surface area (TPSA) is 36.9 Å². The molecule has 4 heterocycles. The molecule has 0 saturated carbocycles. The van der Waals surface area contributed by atoms with E-state index in [2.05, 4.69) is 59.3 Å². The summed E-state index contributed by atoms with van der Waals surface area (Å²) in [6.45, 7) is 1.50. The minimum Gasteiger partial charge on any atom is -0.464 e. The molecule has 4 aromatic rings. The van der Waals surface area contributed by atoms with E-state index in [0.29, 0.717) is 0 Å². The number of benzene rings is 2. The summed E-state index contributed by atoms with van der Waals surface area (Å²) in [5, 5.41) is 6.31. The van der Waals surface area contributed by atoms with Gasteiger partial charge in [-0.1, -0.05) is 12.1 Å². The van der Waals surface area contributed by atoms with Crippen molar-refractivity contribution in [1.82, 2.24) is 0 Å². The molecular weight excluding hydrogens is 464 g/mol. The second-order valence-corrected chi connectivity index (χ2v) is 10.7. The molecular formula is C28H28O4S2. The van der Waals surface area contributed by atoms with Crippen LogP contribution in [0.2, 0.25) is 0 Å². The summed E-state index contributed by atoms with van der Waals surface area (Å²) >= 11 is 3.46. The smallest absolute Gasteiger partial charge is 0.199 e. The summed E-state index contributed by atoms with van der Waals surface area (Å²) in [6.07, 6.45) is 5.83. The van der Waals surface area contributed by atoms with E-state index in [1.807, 2.05) is 0 Å². The molecule has 6 rings (SSSR count). The van der Waals surface area contributed by atoms with Crippen molar-refractivity contribution in [1.29, 1.82) is 0 Å². The predicted octanol–water partition coefficient (Wildman–Crippen LogP) is 8.11. The van der Waals surface area contributed by atoms with E-state index in [0.717, 1.165) is 85.1 Å². The Bertz CT molecular complexity index is 1120. The van der Waals surface area contributed by atoms with Gasteiger partial charge in [-0.3, -0.25) is 0 Å². The summed E-state index contributed by atoms with van der Waals surface area (Å²) < 4.78 is 24.9. The molecule has 6 heteroatoms. The van der Waals surface area contributed by atoms with Gasteiger partial charge in [0.05, 0.1) is 13.2 Å². The fraction of sp³-hybridized carbons (Fsp3) is 0.357. The van der Waals surface area contributed by atoms with Gasteiger partial charge in [-0.05, 0) is 84.0 Å². The van der Waals surface area contributed by atoms with E-state index in [4.69, 9.17) is 18.9 Å². The highest BCUT2D eigenvalue weighted by molar-refractivity contribution is 7.13. The molecule has 0 spiro atoms. The van der Waals surface area contributed by atoms with Gasteiger partial charge in [0.15, 0.2) is 12.6 Å². The minimum absolute atomic E-state index is 0.216. The average Bonchev–Trinajstić information content (AvgIpc) is 3.60. The number of thiophene rings is 2. The van der Waals surface area contributed by atoms with Crippen LogP contribution in [-0.2, 0) is 9.47 Å². The number of rotatable bonds is 6. The van der Waals surface area contributed by atoms with Gasteiger partial charge in [0.1, 0.15) is 11.5 Å². The standard InChI is InChI=1S/C28H28O4S2/c1-3-11-29-27(9-1)31-23-17-19(25-7-5-13-33-25)16-22-21(23)15-20(26-8-6-14-34-26)18-24(22)32-28-10-2-4-12-30-28/h5-8,13-18,27-28H,1-4,9-12H2. The summed E-state index contributed by atoms with van der Waals surface area (Å²) in [6, 6.07) is 17.2. The van der Waals surface area contributed by atoms with Crippen LogP contribution in [0.1, 0.15) is 38.5 Å². The summed E-state index contributed by atoms with van der Waals surface area (Å²) in [7, 11) is 0. The highest BCUT2D eigenvalue weighted by Crippen LogP contribution is 2.43. The van der Waals surface area contributed by atoms with Crippen LogP contribution in [0.5, 0.6) is 11.5 Å². The zero-order valence-corrected chi connectivity index (χ0v) is 20.7. The zero-order chi connectivity index (χ0) is 22.7. The molecule has 2 aliphatic rings. The number of hydrogen-bond acceptors (Lipinski definition) is 6. The van der Waals surface area contributed by atoms with Gasteiger partial charge in [-0.25, -0.2) is 0 Å². The van der Waals surface area contributed by atoms with Gasteiger partial charge in [0, 0.05) is 33.4 Å². The van der Waals surface area contributed by atoms with Crippen LogP contribution in [0.15, 0.2) is 59.3 Å². The molecule has 2 aromatic carbocycles. The molecule has 4 nitrogen and oxygen atoms in total. The SMILES string of the molecule is c1csc(-c2cc(OC3CCCCO3)c3cc(-c4cccs4)cc(OC4CCCCO4)c3c2)c1. The van der Waals surface area contributed by atoms with Crippen molar-refractivity contribution in [3.05, 3.63) is 59.3 Å². The lowest BCUT2D eigenvalue weighted by atomic mass is 10.0. The number of hydrogen-bond donors (Lipinski definition) is 0. The fourth-order valence-electron chi connectivity index (χ4n) is 4.65. The monoisotopic (exact) mass is 492 g/mol. The van der Waals surface area contributed by atoms with E-state index >= 15 is 0 Å². The van der Waals surface area contributed by atoms with Crippen LogP contribution >= 0.6 is 22.7 Å². The van der Waals surface area contributed by atoms with Gasteiger partial charge < -0.3 is 18.9 Å². The molecule has 0 amide bonds. The van der Waals surface area contributed by atoms with Crippen LogP contribution in [0, 0.1) is 0 Å². The first kappa shape index (κ1) is 22.1. The Morgan fingerprint density at radius 2 is 1.15 bits per heavy atom. The maximum Gasteiger partial charge on any atom is 0.199 e.